The van der Waals surface area contributed by atoms with Crippen LogP contribution in [0.4, 0.5) is 39.5 Å². The Morgan fingerprint density at radius 2 is 0.526 bits per heavy atom. The first-order valence-corrected chi connectivity index (χ1v) is 6.98. The van der Waals surface area contributed by atoms with Crippen molar-refractivity contribution in [1.29, 1.82) is 0 Å². The van der Waals surface area contributed by atoms with E-state index in [1.54, 1.807) is 0 Å². The molecule has 0 aliphatic carbocycles. The summed E-state index contributed by atoms with van der Waals surface area (Å²) in [7, 11) is -4.24. The van der Waals surface area contributed by atoms with E-state index in [0.29, 0.717) is 0 Å². The van der Waals surface area contributed by atoms with E-state index in [0.717, 1.165) is 0 Å². The average molecular weight is 362 g/mol. The van der Waals surface area contributed by atoms with Crippen molar-refractivity contribution >= 4 is 38.0 Å². The Labute approximate surface area is 111 Å². The van der Waals surface area contributed by atoms with Gasteiger partial charge in [-0.2, -0.15) is 39.5 Å². The molecule has 0 aromatic carbocycles. The highest BCUT2D eigenvalue weighted by molar-refractivity contribution is 6.30. The van der Waals surface area contributed by atoms with E-state index in [9.17, 15) is 39.5 Å². The zero-order valence-electron chi connectivity index (χ0n) is 9.82. The van der Waals surface area contributed by atoms with Gasteiger partial charge in [0.15, 0.2) is 0 Å². The lowest BCUT2D eigenvalue weighted by Crippen LogP contribution is -2.07. The largest absolute Gasteiger partial charge is 0.631 e. The van der Waals surface area contributed by atoms with E-state index in [-0.39, 0.29) is 0 Å². The Morgan fingerprint density at radius 1 is 0.526 bits per heavy atom. The van der Waals surface area contributed by atoms with Gasteiger partial charge >= 0.3 is 24.7 Å². The average Bonchev–Trinajstić information content (AvgIpc) is 1.66. The monoisotopic (exact) mass is 362 g/mol. The molecule has 0 radical (unpaired) electrons. The molecule has 0 spiro atoms. The second-order valence-electron chi connectivity index (χ2n) is 2.69. The minimum atomic E-state index is -3.86. The van der Waals surface area contributed by atoms with Crippen LogP contribution in [0.25, 0.3) is 0 Å². The van der Waals surface area contributed by atoms with Crippen molar-refractivity contribution in [2.75, 3.05) is 0 Å². The number of hydrogen-bond donors (Lipinski definition) is 3. The fourth-order valence-electron chi connectivity index (χ4n) is 0. The molecule has 3 nitrogen and oxygen atoms in total. The maximum Gasteiger partial charge on any atom is 0.631 e. The van der Waals surface area contributed by atoms with Crippen LogP contribution in [0.3, 0.4) is 0 Å². The van der Waals surface area contributed by atoms with Gasteiger partial charge in [-0.25, -0.2) is 0 Å². The molecule has 0 aliphatic heterocycles. The van der Waals surface area contributed by atoms with Crippen LogP contribution < -0.4 is 0 Å². The minimum absolute atomic E-state index is 0.692. The fourth-order valence-corrected chi connectivity index (χ4v) is 0. The summed E-state index contributed by atoms with van der Waals surface area (Å²) in [6.45, 7) is 0. The number of alkyl halides is 9. The first-order valence-electron chi connectivity index (χ1n) is 3.98. The quantitative estimate of drug-likeness (QED) is 0.332. The molecular weight excluding hydrogens is 350 g/mol. The van der Waals surface area contributed by atoms with E-state index in [4.69, 9.17) is 15.1 Å². The molecule has 0 aromatic heterocycles. The highest BCUT2D eigenvalue weighted by Gasteiger charge is 2.15. The molecule has 0 unspecified atom stereocenters. The van der Waals surface area contributed by atoms with Gasteiger partial charge in [-0.15, -0.1) is 0 Å². The van der Waals surface area contributed by atoms with E-state index < -0.39 is 55.4 Å². The molecule has 0 aliphatic rings. The van der Waals surface area contributed by atoms with Crippen LogP contribution in [-0.4, -0.2) is 70.5 Å². The summed E-state index contributed by atoms with van der Waals surface area (Å²) in [4.78, 5) is 0. The first kappa shape index (κ1) is 27.3. The summed E-state index contributed by atoms with van der Waals surface area (Å²) in [5, 5.41) is 21.5. The van der Waals surface area contributed by atoms with Crippen LogP contribution >= 0.6 is 0 Å². The van der Waals surface area contributed by atoms with Gasteiger partial charge in [-0.3, -0.25) is 0 Å². The smallest absolute Gasteiger partial charge is 0.402 e. The summed E-state index contributed by atoms with van der Waals surface area (Å²) < 4.78 is 93.7. The van der Waals surface area contributed by atoms with Crippen LogP contribution in [0.2, 0.25) is 0 Å². The molecule has 3 N–H and O–H groups in total. The van der Waals surface area contributed by atoms with Gasteiger partial charge in [0.05, 0.1) is 0 Å². The zero-order chi connectivity index (χ0) is 17.1. The van der Waals surface area contributed by atoms with Gasteiger partial charge in [-0.05, 0) is 0 Å². The lowest BCUT2D eigenvalue weighted by atomic mass is 10.3. The molecule has 0 amide bonds. The van der Waals surface area contributed by atoms with Crippen molar-refractivity contribution in [3.63, 3.8) is 0 Å². The summed E-state index contributed by atoms with van der Waals surface area (Å²) in [5.41, 5.74) is 0. The molecule has 120 valence electrons. The molecular formula is C3H12BF9O3Si3. The molecule has 0 rings (SSSR count). The molecule has 0 bridgehead atoms. The molecule has 0 saturated heterocycles. The van der Waals surface area contributed by atoms with Gasteiger partial charge in [0, 0.05) is 0 Å². The molecule has 0 saturated carbocycles. The summed E-state index contributed by atoms with van der Waals surface area (Å²) >= 11 is 0. The van der Waals surface area contributed by atoms with Gasteiger partial charge in [0.25, 0.3) is 0 Å². The minimum Gasteiger partial charge on any atom is -0.402 e. The Morgan fingerprint density at radius 3 is 0.526 bits per heavy atom. The highest BCUT2D eigenvalue weighted by atomic mass is 28.2. The molecule has 0 fully saturated rings. The third-order valence-corrected chi connectivity index (χ3v) is 0. The maximum absolute atomic E-state index is 10.4. The van der Waals surface area contributed by atoms with Crippen molar-refractivity contribution in [3.05, 3.63) is 0 Å². The summed E-state index contributed by atoms with van der Waals surface area (Å²) in [5.74, 6) is -11.6. The van der Waals surface area contributed by atoms with E-state index >= 15 is 0 Å². The fraction of sp³-hybridized carbons (Fsp3) is 1.00. The van der Waals surface area contributed by atoms with Crippen LogP contribution in [0.1, 0.15) is 0 Å². The van der Waals surface area contributed by atoms with Crippen molar-refractivity contribution in [2.45, 2.75) is 17.4 Å². The normalized spacial score (nSPS) is 11.4. The van der Waals surface area contributed by atoms with Gasteiger partial charge in [-0.1, -0.05) is 0 Å². The standard InChI is InChI=1S/3CH3F3Si.BH3O3/c3*2-1(3,4)5;2-1(3)4/h3*5H3;2-4H. The van der Waals surface area contributed by atoms with Crippen LogP contribution in [0, 0.1) is 0 Å². The third-order valence-electron chi connectivity index (χ3n) is 0. The molecule has 0 heterocycles. The predicted molar refractivity (Wildman–Crippen MR) is 60.4 cm³/mol. The summed E-state index contributed by atoms with van der Waals surface area (Å²) in [6, 6.07) is 0. The van der Waals surface area contributed by atoms with Crippen LogP contribution in [0.15, 0.2) is 0 Å². The molecule has 0 aromatic rings. The van der Waals surface area contributed by atoms with Gasteiger partial charge in [0.1, 0.15) is 30.7 Å². The SMILES string of the molecule is FC(F)(F)[SiH3].FC(F)(F)[SiH3].FC(F)(F)[SiH3].OB(O)O. The first-order chi connectivity index (χ1) is 7.73. The van der Waals surface area contributed by atoms with Crippen molar-refractivity contribution in [3.8, 4) is 0 Å². The van der Waals surface area contributed by atoms with Crippen molar-refractivity contribution in [2.24, 2.45) is 0 Å². The third kappa shape index (κ3) is 3870000. The van der Waals surface area contributed by atoms with E-state index in [1.807, 2.05) is 0 Å². The van der Waals surface area contributed by atoms with Crippen LogP contribution in [0.5, 0.6) is 0 Å². The van der Waals surface area contributed by atoms with E-state index in [1.165, 1.54) is 0 Å². The van der Waals surface area contributed by atoms with Gasteiger partial charge in [0.2, 0.25) is 0 Å². The predicted octanol–water partition coefficient (Wildman–Crippen LogP) is -2.44. The second kappa shape index (κ2) is 11.8. The maximum atomic E-state index is 10.4. The van der Waals surface area contributed by atoms with Crippen LogP contribution in [-0.2, 0) is 0 Å². The Balaban J connectivity index is -0.0000000793. The topological polar surface area (TPSA) is 60.7 Å². The van der Waals surface area contributed by atoms with Crippen molar-refractivity contribution < 1.29 is 54.6 Å². The second-order valence-corrected chi connectivity index (χ2v) is 6.09. The number of rotatable bonds is 0. The lowest BCUT2D eigenvalue weighted by molar-refractivity contribution is -0.0438. The number of hydrogen-bond acceptors (Lipinski definition) is 3. The summed E-state index contributed by atoms with van der Waals surface area (Å²) in [6.07, 6.45) is 0. The Hall–Kier alpha value is -0.0344. The van der Waals surface area contributed by atoms with Crippen molar-refractivity contribution in [1.82, 2.24) is 0 Å². The lowest BCUT2D eigenvalue weighted by Gasteiger charge is -1.89. The molecule has 16 heteroatoms. The Kier molecular flexibility index (Phi) is 16.9. The van der Waals surface area contributed by atoms with Gasteiger partial charge < -0.3 is 15.1 Å². The molecule has 19 heavy (non-hydrogen) atoms. The van der Waals surface area contributed by atoms with E-state index in [2.05, 4.69) is 0 Å². The zero-order valence-corrected chi connectivity index (χ0v) is 15.8. The Bertz CT molecular complexity index is 143. The number of halogens is 9. The molecule has 0 atom stereocenters. The highest BCUT2D eigenvalue weighted by Crippen LogP contribution is 2.06.